The van der Waals surface area contributed by atoms with Crippen LogP contribution in [0, 0.1) is 24.1 Å². The lowest BCUT2D eigenvalue weighted by Crippen LogP contribution is -1.85. The molecule has 0 amide bonds. The largest absolute Gasteiger partial charge is 0.207 e. The van der Waals surface area contributed by atoms with Gasteiger partial charge in [-0.15, -0.1) is 0 Å². The molecule has 0 unspecified atom stereocenters. The highest BCUT2D eigenvalue weighted by atomic mass is 19.1. The lowest BCUT2D eigenvalue weighted by atomic mass is 10.1. The minimum Gasteiger partial charge on any atom is -0.207 e. The third-order valence-corrected chi connectivity index (χ3v) is 1.24. The number of nitrogens with zero attached hydrogens (tertiary/aromatic N) is 1. The molecule has 0 saturated heterocycles. The quantitative estimate of drug-likeness (QED) is 0.531. The van der Waals surface area contributed by atoms with Crippen molar-refractivity contribution in [2.24, 2.45) is 0 Å². The van der Waals surface area contributed by atoms with Crippen molar-refractivity contribution in [3.8, 4) is 6.07 Å². The molecular weight excluding hydrogens is 129 g/mol. The Morgan fingerprint density at radius 2 is 2.20 bits per heavy atom. The number of hydrogen-bond acceptors (Lipinski definition) is 1. The Morgan fingerprint density at radius 1 is 1.50 bits per heavy atom. The molecule has 0 heterocycles. The van der Waals surface area contributed by atoms with Crippen LogP contribution < -0.4 is 0 Å². The van der Waals surface area contributed by atoms with Crippen LogP contribution in [-0.2, 0) is 0 Å². The number of nitriles is 1. The van der Waals surface area contributed by atoms with E-state index in [9.17, 15) is 4.39 Å². The highest BCUT2D eigenvalue weighted by Crippen LogP contribution is 2.09. The van der Waals surface area contributed by atoms with Crippen molar-refractivity contribution in [3.63, 3.8) is 0 Å². The van der Waals surface area contributed by atoms with E-state index in [1.54, 1.807) is 0 Å². The van der Waals surface area contributed by atoms with Gasteiger partial charge in [0.25, 0.3) is 0 Å². The van der Waals surface area contributed by atoms with Crippen LogP contribution in [0.2, 0.25) is 0 Å². The predicted molar refractivity (Wildman–Crippen MR) is 35.6 cm³/mol. The Balaban J connectivity index is 3.31. The van der Waals surface area contributed by atoms with E-state index >= 15 is 0 Å². The fourth-order valence-electron chi connectivity index (χ4n) is 0.663. The van der Waals surface area contributed by atoms with Gasteiger partial charge >= 0.3 is 0 Å². The first-order chi connectivity index (χ1) is 4.75. The van der Waals surface area contributed by atoms with Crippen molar-refractivity contribution in [1.82, 2.24) is 0 Å². The van der Waals surface area contributed by atoms with Crippen LogP contribution in [0.4, 0.5) is 4.39 Å². The maximum absolute atomic E-state index is 12.6. The molecule has 0 aliphatic carbocycles. The van der Waals surface area contributed by atoms with Crippen molar-refractivity contribution >= 4 is 0 Å². The monoisotopic (exact) mass is 134 g/mol. The maximum atomic E-state index is 12.6. The minimum absolute atomic E-state index is 0.171. The molecule has 1 aromatic rings. The van der Waals surface area contributed by atoms with Gasteiger partial charge in [0.05, 0.1) is 11.6 Å². The molecule has 10 heavy (non-hydrogen) atoms. The molecule has 1 aromatic carbocycles. The van der Waals surface area contributed by atoms with Gasteiger partial charge in [0.2, 0.25) is 0 Å². The van der Waals surface area contributed by atoms with Crippen LogP contribution >= 0.6 is 0 Å². The van der Waals surface area contributed by atoms with Crippen LogP contribution in [0.15, 0.2) is 18.2 Å². The Kier molecular flexibility index (Phi) is 1.68. The van der Waals surface area contributed by atoms with Crippen molar-refractivity contribution in [3.05, 3.63) is 42.1 Å². The highest BCUT2D eigenvalue weighted by molar-refractivity contribution is 5.39. The second kappa shape index (κ2) is 2.49. The summed E-state index contributed by atoms with van der Waals surface area (Å²) in [5.41, 5.74) is 0.463. The van der Waals surface area contributed by atoms with Crippen LogP contribution in [0.5, 0.6) is 0 Å². The Morgan fingerprint density at radius 3 is 2.70 bits per heavy atom. The summed E-state index contributed by atoms with van der Waals surface area (Å²) in [6, 6.07) is 6.14. The molecule has 0 aliphatic rings. The van der Waals surface area contributed by atoms with Gasteiger partial charge in [0.15, 0.2) is 0 Å². The van der Waals surface area contributed by atoms with E-state index in [0.717, 1.165) is 0 Å². The summed E-state index contributed by atoms with van der Waals surface area (Å²) in [6.45, 7) is 3.39. The van der Waals surface area contributed by atoms with Gasteiger partial charge in [-0.1, -0.05) is 6.07 Å². The standard InChI is InChI=1S/C8H5FN/c1-6-7(5-10)3-2-4-8(6)9/h2-4H,1H2. The van der Waals surface area contributed by atoms with E-state index in [-0.39, 0.29) is 5.56 Å². The fourth-order valence-corrected chi connectivity index (χ4v) is 0.663. The molecule has 0 aliphatic heterocycles. The fraction of sp³-hybridized carbons (Fsp3) is 0. The molecular formula is C8H5FN. The van der Waals surface area contributed by atoms with E-state index in [2.05, 4.69) is 6.92 Å². The van der Waals surface area contributed by atoms with Crippen LogP contribution in [-0.4, -0.2) is 0 Å². The van der Waals surface area contributed by atoms with Gasteiger partial charge < -0.3 is 0 Å². The third kappa shape index (κ3) is 0.985. The second-order valence-corrected chi connectivity index (χ2v) is 1.88. The molecule has 0 fully saturated rings. The first-order valence-corrected chi connectivity index (χ1v) is 2.76. The molecule has 0 N–H and O–H groups in total. The molecule has 1 rings (SSSR count). The van der Waals surface area contributed by atoms with Crippen molar-refractivity contribution in [1.29, 1.82) is 5.26 Å². The number of benzene rings is 1. The van der Waals surface area contributed by atoms with Gasteiger partial charge in [-0.05, 0) is 19.1 Å². The van der Waals surface area contributed by atoms with Crippen molar-refractivity contribution < 1.29 is 4.39 Å². The topological polar surface area (TPSA) is 23.8 Å². The normalized spacial score (nSPS) is 8.90. The summed E-state index contributed by atoms with van der Waals surface area (Å²) in [4.78, 5) is 0. The molecule has 1 radical (unpaired) electrons. The van der Waals surface area contributed by atoms with E-state index in [4.69, 9.17) is 5.26 Å². The van der Waals surface area contributed by atoms with E-state index < -0.39 is 5.82 Å². The molecule has 0 bridgehead atoms. The van der Waals surface area contributed by atoms with Crippen molar-refractivity contribution in [2.75, 3.05) is 0 Å². The smallest absolute Gasteiger partial charge is 0.127 e. The third-order valence-electron chi connectivity index (χ3n) is 1.24. The average molecular weight is 134 g/mol. The van der Waals surface area contributed by atoms with Crippen LogP contribution in [0.3, 0.4) is 0 Å². The lowest BCUT2D eigenvalue weighted by Gasteiger charge is -1.95. The molecule has 1 nitrogen and oxygen atoms in total. The molecule has 2 heteroatoms. The molecule has 49 valence electrons. The van der Waals surface area contributed by atoms with Crippen LogP contribution in [0.25, 0.3) is 0 Å². The zero-order chi connectivity index (χ0) is 7.56. The predicted octanol–water partition coefficient (Wildman–Crippen LogP) is 1.88. The first kappa shape index (κ1) is 6.76. The highest BCUT2D eigenvalue weighted by Gasteiger charge is 2.00. The molecule has 0 saturated carbocycles. The Bertz CT molecular complexity index is 286. The summed E-state index contributed by atoms with van der Waals surface area (Å²) in [5, 5.41) is 8.39. The summed E-state index contributed by atoms with van der Waals surface area (Å²) in [5.74, 6) is -0.431. The SMILES string of the molecule is [CH2]c1c(F)cccc1C#N. The Labute approximate surface area is 58.7 Å². The zero-order valence-electron chi connectivity index (χ0n) is 5.26. The van der Waals surface area contributed by atoms with Gasteiger partial charge in [0, 0.05) is 5.56 Å². The number of hydrogen-bond donors (Lipinski definition) is 0. The van der Waals surface area contributed by atoms with Crippen LogP contribution in [0.1, 0.15) is 11.1 Å². The Hall–Kier alpha value is -1.36. The molecule has 0 aromatic heterocycles. The van der Waals surface area contributed by atoms with Crippen molar-refractivity contribution in [2.45, 2.75) is 0 Å². The number of halogens is 1. The van der Waals surface area contributed by atoms with E-state index in [1.165, 1.54) is 18.2 Å². The first-order valence-electron chi connectivity index (χ1n) is 2.76. The zero-order valence-corrected chi connectivity index (χ0v) is 5.26. The summed E-state index contributed by atoms with van der Waals surface area (Å²) < 4.78 is 12.6. The minimum atomic E-state index is -0.431. The van der Waals surface area contributed by atoms with E-state index in [0.29, 0.717) is 5.56 Å². The maximum Gasteiger partial charge on any atom is 0.127 e. The van der Waals surface area contributed by atoms with Gasteiger partial charge in [0.1, 0.15) is 5.82 Å². The average Bonchev–Trinajstić information content (AvgIpc) is 1.95. The van der Waals surface area contributed by atoms with Gasteiger partial charge in [-0.25, -0.2) is 4.39 Å². The number of rotatable bonds is 0. The summed E-state index contributed by atoms with van der Waals surface area (Å²) in [7, 11) is 0. The van der Waals surface area contributed by atoms with Gasteiger partial charge in [-0.2, -0.15) is 5.26 Å². The van der Waals surface area contributed by atoms with E-state index in [1.807, 2.05) is 6.07 Å². The van der Waals surface area contributed by atoms with Gasteiger partial charge in [-0.3, -0.25) is 0 Å². The summed E-state index contributed by atoms with van der Waals surface area (Å²) >= 11 is 0. The molecule has 0 atom stereocenters. The second-order valence-electron chi connectivity index (χ2n) is 1.88. The lowest BCUT2D eigenvalue weighted by molar-refractivity contribution is 0.622. The summed E-state index contributed by atoms with van der Waals surface area (Å²) in [6.07, 6.45) is 0. The molecule has 0 spiro atoms.